The minimum atomic E-state index is -0.214. The predicted octanol–water partition coefficient (Wildman–Crippen LogP) is 6.17. The van der Waals surface area contributed by atoms with Gasteiger partial charge >= 0.3 is 0 Å². The number of amides is 2. The van der Waals surface area contributed by atoms with Crippen molar-refractivity contribution in [3.63, 3.8) is 0 Å². The van der Waals surface area contributed by atoms with Crippen LogP contribution in [0.15, 0.2) is 78.4 Å². The quantitative estimate of drug-likeness (QED) is 0.408. The standard InChI is InChI=1S/C30H29NO4/c32-23-15-11-21(12-16-23)28(22-13-17-24(33)18-14-22)25(20-6-1-2-7-20)10-5-19-31-29(34)26-8-3-4-9-27(26)30(31)35/h3-4,8-9,11-18,20,32-33H,1-2,5-7,10,19H2. The first-order chi connectivity index (χ1) is 17.0. The van der Waals surface area contributed by atoms with Gasteiger partial charge in [0.2, 0.25) is 0 Å². The smallest absolute Gasteiger partial charge is 0.261 e. The van der Waals surface area contributed by atoms with Crippen molar-refractivity contribution in [2.24, 2.45) is 5.92 Å². The topological polar surface area (TPSA) is 77.8 Å². The van der Waals surface area contributed by atoms with E-state index in [1.54, 1.807) is 48.5 Å². The summed E-state index contributed by atoms with van der Waals surface area (Å²) in [6, 6.07) is 21.5. The number of imide groups is 1. The summed E-state index contributed by atoms with van der Waals surface area (Å²) >= 11 is 0. The van der Waals surface area contributed by atoms with Crippen LogP contribution in [-0.4, -0.2) is 33.5 Å². The molecule has 0 bridgehead atoms. The van der Waals surface area contributed by atoms with E-state index in [-0.39, 0.29) is 23.3 Å². The molecule has 178 valence electrons. The van der Waals surface area contributed by atoms with Crippen LogP contribution in [0, 0.1) is 5.92 Å². The number of carbonyl (C=O) groups is 2. The number of carbonyl (C=O) groups excluding carboxylic acids is 2. The number of phenols is 2. The second kappa shape index (κ2) is 9.79. The maximum absolute atomic E-state index is 12.8. The number of benzene rings is 3. The molecule has 3 aromatic rings. The third-order valence-electron chi connectivity index (χ3n) is 7.19. The lowest BCUT2D eigenvalue weighted by atomic mass is 9.83. The highest BCUT2D eigenvalue weighted by Gasteiger charge is 2.34. The number of nitrogens with zero attached hydrogens (tertiary/aromatic N) is 1. The minimum Gasteiger partial charge on any atom is -0.508 e. The van der Waals surface area contributed by atoms with Crippen LogP contribution in [0.5, 0.6) is 11.5 Å². The Kier molecular flexibility index (Phi) is 6.41. The van der Waals surface area contributed by atoms with Crippen LogP contribution in [0.2, 0.25) is 0 Å². The molecule has 3 aromatic carbocycles. The van der Waals surface area contributed by atoms with Crippen LogP contribution < -0.4 is 0 Å². The lowest BCUT2D eigenvalue weighted by Crippen LogP contribution is -2.30. The van der Waals surface area contributed by atoms with Gasteiger partial charge in [-0.05, 0) is 84.7 Å². The van der Waals surface area contributed by atoms with Gasteiger partial charge in [-0.1, -0.05) is 54.8 Å². The third-order valence-corrected chi connectivity index (χ3v) is 7.19. The van der Waals surface area contributed by atoms with E-state index in [0.717, 1.165) is 36.0 Å². The lowest BCUT2D eigenvalue weighted by molar-refractivity contribution is 0.0652. The number of hydrogen-bond donors (Lipinski definition) is 2. The predicted molar refractivity (Wildman–Crippen MR) is 135 cm³/mol. The number of rotatable bonds is 7. The zero-order valence-corrected chi connectivity index (χ0v) is 19.6. The van der Waals surface area contributed by atoms with E-state index in [1.165, 1.54) is 23.3 Å². The number of fused-ring (bicyclic) bond motifs is 1. The van der Waals surface area contributed by atoms with E-state index in [2.05, 4.69) is 0 Å². The van der Waals surface area contributed by atoms with Gasteiger partial charge in [0.15, 0.2) is 0 Å². The highest BCUT2D eigenvalue weighted by atomic mass is 16.3. The summed E-state index contributed by atoms with van der Waals surface area (Å²) < 4.78 is 0. The van der Waals surface area contributed by atoms with Gasteiger partial charge in [-0.2, -0.15) is 0 Å². The third kappa shape index (κ3) is 4.59. The molecule has 1 saturated carbocycles. The highest BCUT2D eigenvalue weighted by Crippen LogP contribution is 2.41. The largest absolute Gasteiger partial charge is 0.508 e. The molecule has 5 nitrogen and oxygen atoms in total. The zero-order chi connectivity index (χ0) is 24.4. The van der Waals surface area contributed by atoms with E-state index in [4.69, 9.17) is 0 Å². The molecule has 2 N–H and O–H groups in total. The molecule has 2 amide bonds. The molecular weight excluding hydrogens is 438 g/mol. The molecule has 1 fully saturated rings. The number of phenolic OH excluding ortho intramolecular Hbond substituents is 2. The van der Waals surface area contributed by atoms with Crippen molar-refractivity contribution in [1.29, 1.82) is 0 Å². The fourth-order valence-electron chi connectivity index (χ4n) is 5.47. The van der Waals surface area contributed by atoms with Crippen LogP contribution in [0.4, 0.5) is 0 Å². The van der Waals surface area contributed by atoms with Crippen molar-refractivity contribution in [3.8, 4) is 11.5 Å². The summed E-state index contributed by atoms with van der Waals surface area (Å²) in [6.07, 6.45) is 6.03. The minimum absolute atomic E-state index is 0.214. The maximum Gasteiger partial charge on any atom is 0.261 e. The van der Waals surface area contributed by atoms with Gasteiger partial charge in [0.1, 0.15) is 11.5 Å². The summed E-state index contributed by atoms with van der Waals surface area (Å²) in [5.41, 5.74) is 5.41. The van der Waals surface area contributed by atoms with Gasteiger partial charge in [-0.3, -0.25) is 14.5 Å². The lowest BCUT2D eigenvalue weighted by Gasteiger charge is -2.23. The van der Waals surface area contributed by atoms with Crippen molar-refractivity contribution >= 4 is 17.4 Å². The fourth-order valence-corrected chi connectivity index (χ4v) is 5.47. The molecule has 0 unspecified atom stereocenters. The van der Waals surface area contributed by atoms with E-state index < -0.39 is 0 Å². The first-order valence-corrected chi connectivity index (χ1v) is 12.3. The van der Waals surface area contributed by atoms with Crippen LogP contribution in [-0.2, 0) is 0 Å². The molecule has 5 rings (SSSR count). The molecular formula is C30H29NO4. The SMILES string of the molecule is O=C1c2ccccc2C(=O)N1CCCC(=C(c1ccc(O)cc1)c1ccc(O)cc1)C1CCCC1. The normalized spacial score (nSPS) is 15.5. The van der Waals surface area contributed by atoms with Crippen LogP contribution >= 0.6 is 0 Å². The fraction of sp³-hybridized carbons (Fsp3) is 0.267. The van der Waals surface area contributed by atoms with Crippen molar-refractivity contribution in [3.05, 3.63) is 101 Å². The number of hydrogen-bond acceptors (Lipinski definition) is 4. The Labute approximate surface area is 205 Å². The van der Waals surface area contributed by atoms with Gasteiger partial charge in [-0.25, -0.2) is 0 Å². The Hall–Kier alpha value is -3.86. The molecule has 1 aliphatic heterocycles. The van der Waals surface area contributed by atoms with Gasteiger partial charge in [-0.15, -0.1) is 0 Å². The van der Waals surface area contributed by atoms with Crippen molar-refractivity contribution in [2.45, 2.75) is 38.5 Å². The average Bonchev–Trinajstić information content (AvgIpc) is 3.49. The number of aromatic hydroxyl groups is 2. The summed E-state index contributed by atoms with van der Waals surface area (Å²) in [4.78, 5) is 27.0. The Morgan fingerprint density at radius 1 is 0.743 bits per heavy atom. The van der Waals surface area contributed by atoms with Crippen molar-refractivity contribution in [1.82, 2.24) is 4.90 Å². The van der Waals surface area contributed by atoms with Gasteiger partial charge in [0, 0.05) is 6.54 Å². The van der Waals surface area contributed by atoms with E-state index in [1.807, 2.05) is 24.3 Å². The molecule has 2 aliphatic rings. The molecule has 0 radical (unpaired) electrons. The maximum atomic E-state index is 12.8. The molecule has 1 aliphatic carbocycles. The van der Waals surface area contributed by atoms with E-state index in [9.17, 15) is 19.8 Å². The van der Waals surface area contributed by atoms with Crippen LogP contribution in [0.3, 0.4) is 0 Å². The molecule has 0 aromatic heterocycles. The van der Waals surface area contributed by atoms with Crippen molar-refractivity contribution < 1.29 is 19.8 Å². The first kappa shape index (κ1) is 22.9. The monoisotopic (exact) mass is 467 g/mol. The van der Waals surface area contributed by atoms with E-state index in [0.29, 0.717) is 30.0 Å². The Morgan fingerprint density at radius 3 is 1.71 bits per heavy atom. The second-order valence-corrected chi connectivity index (χ2v) is 9.39. The Bertz CT molecular complexity index is 1190. The summed E-state index contributed by atoms with van der Waals surface area (Å²) in [6.45, 7) is 0.376. The van der Waals surface area contributed by atoms with Crippen LogP contribution in [0.25, 0.3) is 5.57 Å². The Balaban J connectivity index is 1.47. The van der Waals surface area contributed by atoms with Gasteiger partial charge in [0.25, 0.3) is 11.8 Å². The summed E-state index contributed by atoms with van der Waals surface area (Å²) in [7, 11) is 0. The summed E-state index contributed by atoms with van der Waals surface area (Å²) in [5, 5.41) is 19.7. The number of allylic oxidation sites excluding steroid dienone is 1. The molecule has 5 heteroatoms. The second-order valence-electron chi connectivity index (χ2n) is 9.39. The van der Waals surface area contributed by atoms with Crippen molar-refractivity contribution in [2.75, 3.05) is 6.54 Å². The van der Waals surface area contributed by atoms with Crippen LogP contribution in [0.1, 0.15) is 70.4 Å². The van der Waals surface area contributed by atoms with Gasteiger partial charge < -0.3 is 10.2 Å². The molecule has 1 heterocycles. The first-order valence-electron chi connectivity index (χ1n) is 12.3. The van der Waals surface area contributed by atoms with Gasteiger partial charge in [0.05, 0.1) is 11.1 Å². The molecule has 0 spiro atoms. The molecule has 35 heavy (non-hydrogen) atoms. The zero-order valence-electron chi connectivity index (χ0n) is 19.6. The average molecular weight is 468 g/mol. The summed E-state index contributed by atoms with van der Waals surface area (Å²) in [5.74, 6) is 0.428. The molecule has 0 atom stereocenters. The Morgan fingerprint density at radius 2 is 1.23 bits per heavy atom. The highest BCUT2D eigenvalue weighted by molar-refractivity contribution is 6.21. The van der Waals surface area contributed by atoms with E-state index >= 15 is 0 Å². The molecule has 0 saturated heterocycles.